The monoisotopic (exact) mass is 205 g/mol. The lowest BCUT2D eigenvalue weighted by atomic mass is 10.2. The minimum Gasteiger partial charge on any atom is -0.308 e. The molecule has 0 aliphatic carbocycles. The van der Waals surface area contributed by atoms with Gasteiger partial charge in [0.25, 0.3) is 0 Å². The van der Waals surface area contributed by atoms with Gasteiger partial charge in [-0.2, -0.15) is 0 Å². The molecule has 80 valence electrons. The summed E-state index contributed by atoms with van der Waals surface area (Å²) in [5.74, 6) is 0.118. The van der Waals surface area contributed by atoms with Crippen molar-refractivity contribution in [3.05, 3.63) is 24.0 Å². The molecule has 1 fully saturated rings. The van der Waals surface area contributed by atoms with E-state index in [0.717, 1.165) is 17.9 Å². The van der Waals surface area contributed by atoms with E-state index in [-0.39, 0.29) is 11.9 Å². The lowest BCUT2D eigenvalue weighted by Gasteiger charge is -2.31. The number of pyridine rings is 1. The van der Waals surface area contributed by atoms with E-state index in [0.29, 0.717) is 6.54 Å². The number of carbonyl (C=O) groups excluding carboxylic acids is 1. The quantitative estimate of drug-likeness (QED) is 0.734. The Bertz CT molecular complexity index is 361. The topological polar surface area (TPSA) is 45.2 Å². The number of nitrogens with one attached hydrogen (secondary N) is 1. The second-order valence-electron chi connectivity index (χ2n) is 3.82. The van der Waals surface area contributed by atoms with Crippen LogP contribution in [0.5, 0.6) is 0 Å². The highest BCUT2D eigenvalue weighted by atomic mass is 16.2. The number of nitrogens with zero attached hydrogens (tertiary/aromatic N) is 2. The van der Waals surface area contributed by atoms with Crippen LogP contribution in [-0.4, -0.2) is 30.0 Å². The Hall–Kier alpha value is -1.42. The molecule has 1 amide bonds. The van der Waals surface area contributed by atoms with Crippen LogP contribution in [0.4, 0.5) is 5.69 Å². The van der Waals surface area contributed by atoms with E-state index < -0.39 is 0 Å². The number of hydrogen-bond acceptors (Lipinski definition) is 3. The minimum absolute atomic E-state index is 0.0972. The largest absolute Gasteiger partial charge is 0.308 e. The molecule has 1 N–H and O–H groups in total. The van der Waals surface area contributed by atoms with Gasteiger partial charge in [0.1, 0.15) is 0 Å². The van der Waals surface area contributed by atoms with Gasteiger partial charge in [0.05, 0.1) is 17.9 Å². The van der Waals surface area contributed by atoms with Crippen LogP contribution >= 0.6 is 0 Å². The summed E-state index contributed by atoms with van der Waals surface area (Å²) in [5, 5.41) is 3.13. The second kappa shape index (κ2) is 3.98. The lowest BCUT2D eigenvalue weighted by Crippen LogP contribution is -2.53. The van der Waals surface area contributed by atoms with Gasteiger partial charge in [-0.25, -0.2) is 0 Å². The predicted octanol–water partition coefficient (Wildman–Crippen LogP) is 0.715. The normalized spacial score (nSPS) is 21.9. The molecule has 15 heavy (non-hydrogen) atoms. The summed E-state index contributed by atoms with van der Waals surface area (Å²) in [6.07, 6.45) is 1.76. The van der Waals surface area contributed by atoms with Crippen molar-refractivity contribution in [1.29, 1.82) is 0 Å². The Morgan fingerprint density at radius 1 is 1.53 bits per heavy atom. The van der Waals surface area contributed by atoms with Gasteiger partial charge in [0.2, 0.25) is 5.91 Å². The van der Waals surface area contributed by atoms with Gasteiger partial charge in [-0.1, -0.05) is 0 Å². The van der Waals surface area contributed by atoms with E-state index in [1.54, 1.807) is 11.1 Å². The zero-order valence-electron chi connectivity index (χ0n) is 9.03. The van der Waals surface area contributed by atoms with Crippen molar-refractivity contribution in [2.45, 2.75) is 19.9 Å². The number of anilines is 1. The first-order valence-electron chi connectivity index (χ1n) is 5.16. The Morgan fingerprint density at radius 3 is 3.00 bits per heavy atom. The van der Waals surface area contributed by atoms with Crippen molar-refractivity contribution in [2.75, 3.05) is 18.0 Å². The SMILES string of the molecule is Cc1ccc(N2CCN[C@@H](C)C2=O)cn1. The molecule has 0 unspecified atom stereocenters. The molecule has 0 saturated carbocycles. The van der Waals surface area contributed by atoms with Gasteiger partial charge in [0.15, 0.2) is 0 Å². The summed E-state index contributed by atoms with van der Waals surface area (Å²) in [5.41, 5.74) is 1.85. The molecule has 1 atom stereocenters. The van der Waals surface area contributed by atoms with Crippen LogP contribution in [-0.2, 0) is 4.79 Å². The number of carbonyl (C=O) groups is 1. The number of rotatable bonds is 1. The molecule has 2 rings (SSSR count). The van der Waals surface area contributed by atoms with Crippen LogP contribution < -0.4 is 10.2 Å². The molecule has 1 aliphatic rings. The van der Waals surface area contributed by atoms with E-state index in [1.165, 1.54) is 0 Å². The number of piperazine rings is 1. The highest BCUT2D eigenvalue weighted by Gasteiger charge is 2.25. The third-order valence-electron chi connectivity index (χ3n) is 2.63. The first kappa shape index (κ1) is 10.1. The van der Waals surface area contributed by atoms with Crippen molar-refractivity contribution in [2.24, 2.45) is 0 Å². The molecule has 1 aromatic heterocycles. The van der Waals surface area contributed by atoms with Crippen molar-refractivity contribution < 1.29 is 4.79 Å². The molecule has 4 heteroatoms. The van der Waals surface area contributed by atoms with E-state index >= 15 is 0 Å². The number of amides is 1. The Morgan fingerprint density at radius 2 is 2.33 bits per heavy atom. The highest BCUT2D eigenvalue weighted by Crippen LogP contribution is 2.15. The smallest absolute Gasteiger partial charge is 0.243 e. The molecule has 4 nitrogen and oxygen atoms in total. The number of hydrogen-bond donors (Lipinski definition) is 1. The predicted molar refractivity (Wildman–Crippen MR) is 58.8 cm³/mol. The van der Waals surface area contributed by atoms with E-state index in [4.69, 9.17) is 0 Å². The zero-order valence-corrected chi connectivity index (χ0v) is 9.03. The molecule has 0 radical (unpaired) electrons. The maximum absolute atomic E-state index is 11.8. The molecule has 0 aromatic carbocycles. The third kappa shape index (κ3) is 1.99. The van der Waals surface area contributed by atoms with Crippen molar-refractivity contribution in [1.82, 2.24) is 10.3 Å². The lowest BCUT2D eigenvalue weighted by molar-refractivity contribution is -0.121. The Labute approximate surface area is 89.3 Å². The number of aromatic nitrogens is 1. The highest BCUT2D eigenvalue weighted by molar-refractivity contribution is 5.97. The van der Waals surface area contributed by atoms with E-state index in [2.05, 4.69) is 10.3 Å². The molecule has 1 aromatic rings. The van der Waals surface area contributed by atoms with E-state index in [9.17, 15) is 4.79 Å². The minimum atomic E-state index is -0.0972. The zero-order chi connectivity index (χ0) is 10.8. The standard InChI is InChI=1S/C11H15N3O/c1-8-3-4-10(7-13-8)14-6-5-12-9(2)11(14)15/h3-4,7,9,12H,5-6H2,1-2H3/t9-/m0/s1. The molecular formula is C11H15N3O. The van der Waals surface area contributed by atoms with Gasteiger partial charge in [0, 0.05) is 18.8 Å². The van der Waals surface area contributed by atoms with Gasteiger partial charge in [-0.15, -0.1) is 0 Å². The Kier molecular flexibility index (Phi) is 2.68. The van der Waals surface area contributed by atoms with Gasteiger partial charge >= 0.3 is 0 Å². The van der Waals surface area contributed by atoms with Crippen LogP contribution in [0, 0.1) is 6.92 Å². The molecule has 2 heterocycles. The fraction of sp³-hybridized carbons (Fsp3) is 0.455. The van der Waals surface area contributed by atoms with Crippen molar-refractivity contribution >= 4 is 11.6 Å². The maximum atomic E-state index is 11.8. The summed E-state index contributed by atoms with van der Waals surface area (Å²) in [7, 11) is 0. The summed E-state index contributed by atoms with van der Waals surface area (Å²) < 4.78 is 0. The fourth-order valence-corrected chi connectivity index (χ4v) is 1.70. The second-order valence-corrected chi connectivity index (χ2v) is 3.82. The fourth-order valence-electron chi connectivity index (χ4n) is 1.70. The average Bonchev–Trinajstić information content (AvgIpc) is 2.24. The maximum Gasteiger partial charge on any atom is 0.243 e. The summed E-state index contributed by atoms with van der Waals surface area (Å²) in [6.45, 7) is 5.37. The summed E-state index contributed by atoms with van der Waals surface area (Å²) in [6, 6.07) is 3.77. The molecule has 1 aliphatic heterocycles. The Balaban J connectivity index is 2.22. The first-order valence-corrected chi connectivity index (χ1v) is 5.16. The average molecular weight is 205 g/mol. The third-order valence-corrected chi connectivity index (χ3v) is 2.63. The molecule has 0 bridgehead atoms. The summed E-state index contributed by atoms with van der Waals surface area (Å²) in [4.78, 5) is 17.8. The van der Waals surface area contributed by atoms with Gasteiger partial charge < -0.3 is 10.2 Å². The number of aryl methyl sites for hydroxylation is 1. The molecular weight excluding hydrogens is 190 g/mol. The van der Waals surface area contributed by atoms with Crippen LogP contribution in [0.25, 0.3) is 0 Å². The van der Waals surface area contributed by atoms with Crippen molar-refractivity contribution in [3.8, 4) is 0 Å². The first-order chi connectivity index (χ1) is 7.18. The van der Waals surface area contributed by atoms with Crippen LogP contribution in [0.1, 0.15) is 12.6 Å². The van der Waals surface area contributed by atoms with Gasteiger partial charge in [-0.05, 0) is 26.0 Å². The summed E-state index contributed by atoms with van der Waals surface area (Å²) >= 11 is 0. The van der Waals surface area contributed by atoms with Crippen LogP contribution in [0.15, 0.2) is 18.3 Å². The molecule has 1 saturated heterocycles. The molecule has 0 spiro atoms. The van der Waals surface area contributed by atoms with Crippen LogP contribution in [0.3, 0.4) is 0 Å². The van der Waals surface area contributed by atoms with Crippen LogP contribution in [0.2, 0.25) is 0 Å². The van der Waals surface area contributed by atoms with Gasteiger partial charge in [-0.3, -0.25) is 9.78 Å². The van der Waals surface area contributed by atoms with E-state index in [1.807, 2.05) is 26.0 Å². The van der Waals surface area contributed by atoms with Crippen molar-refractivity contribution in [3.63, 3.8) is 0 Å².